The fraction of sp³-hybridized carbons (Fsp3) is 0.333. The van der Waals surface area contributed by atoms with Crippen LogP contribution in [0.3, 0.4) is 0 Å². The summed E-state index contributed by atoms with van der Waals surface area (Å²) in [4.78, 5) is 0. The predicted molar refractivity (Wildman–Crippen MR) is 42.9 cm³/mol. The van der Waals surface area contributed by atoms with Crippen molar-refractivity contribution in [1.82, 2.24) is 4.57 Å². The lowest BCUT2D eigenvalue weighted by Crippen LogP contribution is -1.91. The van der Waals surface area contributed by atoms with Crippen LogP contribution in [0.1, 0.15) is 5.69 Å². The van der Waals surface area contributed by atoms with Crippen molar-refractivity contribution in [3.05, 3.63) is 21.5 Å². The summed E-state index contributed by atoms with van der Waals surface area (Å²) < 4.78 is 3.45. The number of hydrogen-bond donors (Lipinski definition) is 0. The molecule has 0 saturated carbocycles. The van der Waals surface area contributed by atoms with E-state index in [-0.39, 0.29) is 0 Å². The number of nitrogens with zero attached hydrogens (tertiary/aromatic N) is 1. The van der Waals surface area contributed by atoms with Gasteiger partial charge in [-0.3, -0.25) is 0 Å². The van der Waals surface area contributed by atoms with Crippen molar-refractivity contribution >= 4 is 22.6 Å². The molecule has 0 unspecified atom stereocenters. The van der Waals surface area contributed by atoms with Gasteiger partial charge in [-0.1, -0.05) is 0 Å². The maximum atomic E-state index is 2.31. The number of aromatic nitrogens is 1. The van der Waals surface area contributed by atoms with Crippen LogP contribution in [0.5, 0.6) is 0 Å². The van der Waals surface area contributed by atoms with Gasteiger partial charge in [-0.2, -0.15) is 0 Å². The van der Waals surface area contributed by atoms with E-state index in [1.165, 1.54) is 9.39 Å². The standard InChI is InChI=1S/C6H8IN/c1-5-3-4-6(7)8(5)2/h3-4H,1-2H3. The van der Waals surface area contributed by atoms with E-state index < -0.39 is 0 Å². The minimum absolute atomic E-state index is 1.29. The first-order chi connectivity index (χ1) is 3.72. The van der Waals surface area contributed by atoms with Crippen LogP contribution in [0.15, 0.2) is 12.1 Å². The van der Waals surface area contributed by atoms with Crippen LogP contribution >= 0.6 is 22.6 Å². The molecule has 0 aliphatic carbocycles. The quantitative estimate of drug-likeness (QED) is 0.590. The molecule has 0 N–H and O–H groups in total. The highest BCUT2D eigenvalue weighted by Crippen LogP contribution is 2.07. The summed E-state index contributed by atoms with van der Waals surface area (Å²) in [5.74, 6) is 0. The third kappa shape index (κ3) is 0.891. The lowest BCUT2D eigenvalue weighted by molar-refractivity contribution is 0.857. The molecule has 1 aromatic heterocycles. The van der Waals surface area contributed by atoms with Gasteiger partial charge in [-0.05, 0) is 41.6 Å². The molecule has 0 amide bonds. The highest BCUT2D eigenvalue weighted by molar-refractivity contribution is 14.1. The Bertz CT molecular complexity index is 171. The Kier molecular flexibility index (Phi) is 1.60. The van der Waals surface area contributed by atoms with Crippen molar-refractivity contribution in [2.75, 3.05) is 0 Å². The van der Waals surface area contributed by atoms with Crippen molar-refractivity contribution in [2.45, 2.75) is 6.92 Å². The van der Waals surface area contributed by atoms with Gasteiger partial charge < -0.3 is 4.57 Å². The molecule has 1 aromatic rings. The molecular formula is C6H8IN. The lowest BCUT2D eigenvalue weighted by atomic mass is 10.5. The minimum atomic E-state index is 1.29. The molecule has 0 radical (unpaired) electrons. The Hall–Kier alpha value is 0.01000. The molecule has 0 aliphatic heterocycles. The molecule has 0 aromatic carbocycles. The van der Waals surface area contributed by atoms with Crippen LogP contribution in [0, 0.1) is 10.6 Å². The van der Waals surface area contributed by atoms with Crippen LogP contribution < -0.4 is 0 Å². The third-order valence-electron chi connectivity index (χ3n) is 1.31. The average Bonchev–Trinajstić information content (AvgIpc) is 1.98. The Morgan fingerprint density at radius 3 is 2.25 bits per heavy atom. The molecular weight excluding hydrogens is 213 g/mol. The zero-order valence-corrected chi connectivity index (χ0v) is 7.14. The molecule has 0 saturated heterocycles. The number of hydrogen-bond acceptors (Lipinski definition) is 0. The van der Waals surface area contributed by atoms with Gasteiger partial charge in [0.25, 0.3) is 0 Å². The minimum Gasteiger partial charge on any atom is -0.344 e. The second-order valence-electron chi connectivity index (χ2n) is 1.86. The summed E-state index contributed by atoms with van der Waals surface area (Å²) in [6, 6.07) is 4.22. The Balaban J connectivity index is 3.19. The molecule has 1 nitrogen and oxygen atoms in total. The predicted octanol–water partition coefficient (Wildman–Crippen LogP) is 1.94. The zero-order valence-electron chi connectivity index (χ0n) is 4.98. The number of rotatable bonds is 0. The molecule has 1 heterocycles. The molecule has 0 bridgehead atoms. The van der Waals surface area contributed by atoms with Crippen molar-refractivity contribution < 1.29 is 0 Å². The summed E-state index contributed by atoms with van der Waals surface area (Å²) in [5, 5.41) is 0. The van der Waals surface area contributed by atoms with Gasteiger partial charge in [0.2, 0.25) is 0 Å². The van der Waals surface area contributed by atoms with E-state index in [0.717, 1.165) is 0 Å². The van der Waals surface area contributed by atoms with Crippen LogP contribution in [-0.4, -0.2) is 4.57 Å². The summed E-state index contributed by atoms with van der Waals surface area (Å²) in [6.07, 6.45) is 0. The van der Waals surface area contributed by atoms with Crippen LogP contribution in [0.25, 0.3) is 0 Å². The van der Waals surface area contributed by atoms with Crippen molar-refractivity contribution in [1.29, 1.82) is 0 Å². The maximum Gasteiger partial charge on any atom is 0.0797 e. The molecule has 0 atom stereocenters. The summed E-state index contributed by atoms with van der Waals surface area (Å²) in [6.45, 7) is 2.10. The average molecular weight is 221 g/mol. The van der Waals surface area contributed by atoms with Crippen molar-refractivity contribution in [3.63, 3.8) is 0 Å². The van der Waals surface area contributed by atoms with Gasteiger partial charge in [0.05, 0.1) is 3.70 Å². The van der Waals surface area contributed by atoms with E-state index in [9.17, 15) is 0 Å². The molecule has 0 aliphatic rings. The number of aryl methyl sites for hydroxylation is 1. The van der Waals surface area contributed by atoms with Crippen LogP contribution in [-0.2, 0) is 7.05 Å². The first-order valence-corrected chi connectivity index (χ1v) is 3.57. The highest BCUT2D eigenvalue weighted by Gasteiger charge is 1.92. The molecule has 8 heavy (non-hydrogen) atoms. The molecule has 0 fully saturated rings. The molecule has 1 rings (SSSR count). The maximum absolute atomic E-state index is 2.31. The van der Waals surface area contributed by atoms with E-state index in [1.807, 2.05) is 0 Å². The highest BCUT2D eigenvalue weighted by atomic mass is 127. The Morgan fingerprint density at radius 2 is 2.12 bits per heavy atom. The van der Waals surface area contributed by atoms with Gasteiger partial charge in [-0.25, -0.2) is 0 Å². The number of halogens is 1. The Labute approximate surface area is 62.8 Å². The van der Waals surface area contributed by atoms with E-state index in [0.29, 0.717) is 0 Å². The SMILES string of the molecule is Cc1ccc(I)n1C. The lowest BCUT2D eigenvalue weighted by Gasteiger charge is -1.94. The second kappa shape index (κ2) is 2.09. The van der Waals surface area contributed by atoms with Gasteiger partial charge in [0, 0.05) is 12.7 Å². The van der Waals surface area contributed by atoms with E-state index in [4.69, 9.17) is 0 Å². The van der Waals surface area contributed by atoms with Gasteiger partial charge in [0.1, 0.15) is 0 Å². The van der Waals surface area contributed by atoms with Crippen molar-refractivity contribution in [3.8, 4) is 0 Å². The normalized spacial score (nSPS) is 9.88. The third-order valence-corrected chi connectivity index (χ3v) is 2.39. The van der Waals surface area contributed by atoms with E-state index in [2.05, 4.69) is 53.3 Å². The monoisotopic (exact) mass is 221 g/mol. The summed E-state index contributed by atoms with van der Waals surface area (Å²) in [5.41, 5.74) is 1.31. The zero-order chi connectivity index (χ0) is 6.15. The summed E-state index contributed by atoms with van der Waals surface area (Å²) in [7, 11) is 2.07. The largest absolute Gasteiger partial charge is 0.344 e. The topological polar surface area (TPSA) is 4.93 Å². The fourth-order valence-corrected chi connectivity index (χ4v) is 1.14. The van der Waals surface area contributed by atoms with E-state index >= 15 is 0 Å². The van der Waals surface area contributed by atoms with Gasteiger partial charge >= 0.3 is 0 Å². The Morgan fingerprint density at radius 1 is 1.50 bits per heavy atom. The van der Waals surface area contributed by atoms with E-state index in [1.54, 1.807) is 0 Å². The first-order valence-electron chi connectivity index (χ1n) is 2.49. The fourth-order valence-electron chi connectivity index (χ4n) is 0.581. The molecule has 0 spiro atoms. The van der Waals surface area contributed by atoms with Gasteiger partial charge in [-0.15, -0.1) is 0 Å². The van der Waals surface area contributed by atoms with Crippen LogP contribution in [0.4, 0.5) is 0 Å². The molecule has 44 valence electrons. The molecule has 2 heteroatoms. The van der Waals surface area contributed by atoms with Crippen LogP contribution in [0.2, 0.25) is 0 Å². The smallest absolute Gasteiger partial charge is 0.0797 e. The van der Waals surface area contributed by atoms with Gasteiger partial charge in [0.15, 0.2) is 0 Å². The summed E-state index contributed by atoms with van der Waals surface area (Å²) >= 11 is 2.31. The first kappa shape index (κ1) is 6.13. The second-order valence-corrected chi connectivity index (χ2v) is 2.96. The van der Waals surface area contributed by atoms with Crippen molar-refractivity contribution in [2.24, 2.45) is 7.05 Å².